The summed E-state index contributed by atoms with van der Waals surface area (Å²) in [4.78, 5) is 15.3. The molecule has 2 aromatic heterocycles. The predicted octanol–water partition coefficient (Wildman–Crippen LogP) is 1.61. The zero-order valence-corrected chi connectivity index (χ0v) is 12.1. The number of carbonyl (C=O) groups excluding carboxylic acids is 1. The highest BCUT2D eigenvalue weighted by molar-refractivity contribution is 5.98. The number of benzene rings is 1. The molecule has 3 N–H and O–H groups in total. The van der Waals surface area contributed by atoms with Crippen LogP contribution in [0, 0.1) is 5.82 Å². The molecule has 0 saturated heterocycles. The van der Waals surface area contributed by atoms with Crippen LogP contribution < -0.4 is 5.32 Å². The summed E-state index contributed by atoms with van der Waals surface area (Å²) >= 11 is 0. The molecule has 1 aliphatic rings. The molecule has 1 saturated carbocycles. The minimum Gasteiger partial charge on any atom is -0.391 e. The van der Waals surface area contributed by atoms with Gasteiger partial charge in [-0.15, -0.1) is 0 Å². The lowest BCUT2D eigenvalue weighted by atomic mass is 9.83. The number of amides is 1. The van der Waals surface area contributed by atoms with Gasteiger partial charge in [0.05, 0.1) is 18.2 Å². The molecule has 3 atom stereocenters. The average molecular weight is 314 g/mol. The Kier molecular flexibility index (Phi) is 3.16. The molecule has 1 fully saturated rings. The largest absolute Gasteiger partial charge is 0.391 e. The van der Waals surface area contributed by atoms with Crippen molar-refractivity contribution < 1.29 is 14.3 Å². The van der Waals surface area contributed by atoms with Crippen molar-refractivity contribution in [3.05, 3.63) is 54.2 Å². The summed E-state index contributed by atoms with van der Waals surface area (Å²) in [6.45, 7) is 0. The number of fused-ring (bicyclic) bond motifs is 1. The lowest BCUT2D eigenvalue weighted by Gasteiger charge is -2.41. The van der Waals surface area contributed by atoms with Gasteiger partial charge in [0, 0.05) is 23.3 Å². The fraction of sp³-hybridized carbons (Fsp3) is 0.250. The summed E-state index contributed by atoms with van der Waals surface area (Å²) in [6.07, 6.45) is 3.31. The first-order valence-corrected chi connectivity index (χ1v) is 7.39. The Bertz CT molecular complexity index is 858. The van der Waals surface area contributed by atoms with Crippen molar-refractivity contribution in [1.82, 2.24) is 20.1 Å². The van der Waals surface area contributed by atoms with Gasteiger partial charge in [0.1, 0.15) is 11.5 Å². The molecule has 2 heterocycles. The van der Waals surface area contributed by atoms with Crippen molar-refractivity contribution in [2.45, 2.75) is 24.6 Å². The van der Waals surface area contributed by atoms with Crippen LogP contribution in [-0.2, 0) is 0 Å². The number of nitrogens with zero attached hydrogens (tertiary/aromatic N) is 2. The number of aromatic nitrogens is 3. The van der Waals surface area contributed by atoms with Crippen LogP contribution in [-0.4, -0.2) is 37.9 Å². The van der Waals surface area contributed by atoms with E-state index < -0.39 is 6.10 Å². The summed E-state index contributed by atoms with van der Waals surface area (Å²) in [5, 5.41) is 17.3. The molecule has 1 aromatic carbocycles. The average Bonchev–Trinajstić information content (AvgIpc) is 3.16. The second-order valence-electron chi connectivity index (χ2n) is 5.74. The first-order valence-electron chi connectivity index (χ1n) is 7.39. The lowest BCUT2D eigenvalue weighted by molar-refractivity contribution is -0.00594. The molecular formula is C16H15FN4O2. The lowest BCUT2D eigenvalue weighted by Crippen LogP contribution is -2.56. The number of halogens is 1. The van der Waals surface area contributed by atoms with Crippen LogP contribution >= 0.6 is 0 Å². The Morgan fingerprint density at radius 1 is 1.43 bits per heavy atom. The highest BCUT2D eigenvalue weighted by Gasteiger charge is 2.42. The molecule has 0 bridgehead atoms. The SMILES string of the molecule is O=C(N[C@H]1C[C@@H](O)[C@@H]1n1cccn1)c1cc2c(F)cccc2[nH]1. The van der Waals surface area contributed by atoms with E-state index in [1.54, 1.807) is 35.3 Å². The van der Waals surface area contributed by atoms with Gasteiger partial charge in [-0.05, 0) is 30.7 Å². The maximum atomic E-state index is 13.7. The van der Waals surface area contributed by atoms with E-state index in [4.69, 9.17) is 0 Å². The highest BCUT2D eigenvalue weighted by Crippen LogP contribution is 2.32. The van der Waals surface area contributed by atoms with Gasteiger partial charge in [-0.1, -0.05) is 6.07 Å². The molecule has 6 nitrogen and oxygen atoms in total. The van der Waals surface area contributed by atoms with Gasteiger partial charge >= 0.3 is 0 Å². The van der Waals surface area contributed by atoms with Gasteiger partial charge in [-0.3, -0.25) is 9.48 Å². The van der Waals surface area contributed by atoms with Crippen LogP contribution in [0.25, 0.3) is 10.9 Å². The van der Waals surface area contributed by atoms with Crippen molar-refractivity contribution >= 4 is 16.8 Å². The quantitative estimate of drug-likeness (QED) is 0.687. The van der Waals surface area contributed by atoms with E-state index in [-0.39, 0.29) is 23.8 Å². The van der Waals surface area contributed by atoms with Crippen LogP contribution in [0.1, 0.15) is 23.0 Å². The molecule has 1 amide bonds. The van der Waals surface area contributed by atoms with Crippen LogP contribution in [0.15, 0.2) is 42.7 Å². The van der Waals surface area contributed by atoms with Gasteiger partial charge < -0.3 is 15.4 Å². The van der Waals surface area contributed by atoms with E-state index >= 15 is 0 Å². The number of aromatic amines is 1. The number of aliphatic hydroxyl groups excluding tert-OH is 1. The summed E-state index contributed by atoms with van der Waals surface area (Å²) in [5.74, 6) is -0.694. The third-order valence-electron chi connectivity index (χ3n) is 4.30. The molecule has 0 unspecified atom stereocenters. The van der Waals surface area contributed by atoms with E-state index in [2.05, 4.69) is 15.4 Å². The topological polar surface area (TPSA) is 82.9 Å². The third kappa shape index (κ3) is 2.29. The standard InChI is InChI=1S/C16H15FN4O2/c17-10-3-1-4-11-9(10)7-13(19-11)16(23)20-12-8-14(22)15(12)21-6-2-5-18-21/h1-7,12,14-15,19,22H,8H2,(H,20,23)/t12-,14+,15+/m0/s1. The fourth-order valence-electron chi connectivity index (χ4n) is 3.06. The van der Waals surface area contributed by atoms with Gasteiger partial charge in [0.25, 0.3) is 5.91 Å². The Hall–Kier alpha value is -2.67. The number of nitrogens with one attached hydrogen (secondary N) is 2. The van der Waals surface area contributed by atoms with E-state index in [9.17, 15) is 14.3 Å². The zero-order valence-electron chi connectivity index (χ0n) is 12.1. The van der Waals surface area contributed by atoms with E-state index in [0.717, 1.165) is 0 Å². The summed E-state index contributed by atoms with van der Waals surface area (Å²) < 4.78 is 15.3. The van der Waals surface area contributed by atoms with Crippen molar-refractivity contribution in [1.29, 1.82) is 0 Å². The molecule has 118 valence electrons. The number of hydrogen-bond donors (Lipinski definition) is 3. The zero-order chi connectivity index (χ0) is 16.0. The molecule has 23 heavy (non-hydrogen) atoms. The second kappa shape index (κ2) is 5.20. The Morgan fingerprint density at radius 3 is 3.00 bits per heavy atom. The van der Waals surface area contributed by atoms with Crippen LogP contribution in [0.2, 0.25) is 0 Å². The highest BCUT2D eigenvalue weighted by atomic mass is 19.1. The molecule has 7 heteroatoms. The Balaban J connectivity index is 1.54. The molecule has 0 aliphatic heterocycles. The monoisotopic (exact) mass is 314 g/mol. The van der Waals surface area contributed by atoms with Crippen molar-refractivity contribution in [3.8, 4) is 0 Å². The summed E-state index contributed by atoms with van der Waals surface area (Å²) in [5.41, 5.74) is 0.873. The molecule has 4 rings (SSSR count). The Labute approximate surface area is 130 Å². The number of aliphatic hydroxyl groups is 1. The van der Waals surface area contributed by atoms with Crippen LogP contribution in [0.4, 0.5) is 4.39 Å². The molecular weight excluding hydrogens is 299 g/mol. The third-order valence-corrected chi connectivity index (χ3v) is 4.30. The minimum absolute atomic E-state index is 0.214. The first-order chi connectivity index (χ1) is 11.1. The number of carbonyl (C=O) groups is 1. The Morgan fingerprint density at radius 2 is 2.30 bits per heavy atom. The van der Waals surface area contributed by atoms with Crippen LogP contribution in [0.5, 0.6) is 0 Å². The van der Waals surface area contributed by atoms with Crippen molar-refractivity contribution in [3.63, 3.8) is 0 Å². The van der Waals surface area contributed by atoms with Gasteiger partial charge in [0.15, 0.2) is 0 Å². The van der Waals surface area contributed by atoms with E-state index in [1.165, 1.54) is 12.1 Å². The van der Waals surface area contributed by atoms with E-state index in [0.29, 0.717) is 23.0 Å². The fourth-order valence-corrected chi connectivity index (χ4v) is 3.06. The minimum atomic E-state index is -0.541. The normalized spacial score (nSPS) is 23.7. The first kappa shape index (κ1) is 14.0. The van der Waals surface area contributed by atoms with E-state index in [1.807, 2.05) is 0 Å². The summed E-state index contributed by atoms with van der Waals surface area (Å²) in [6, 6.07) is 7.43. The summed E-state index contributed by atoms with van der Waals surface area (Å²) in [7, 11) is 0. The number of hydrogen-bond acceptors (Lipinski definition) is 3. The van der Waals surface area contributed by atoms with Crippen molar-refractivity contribution in [2.75, 3.05) is 0 Å². The van der Waals surface area contributed by atoms with Crippen molar-refractivity contribution in [2.24, 2.45) is 0 Å². The van der Waals surface area contributed by atoms with Gasteiger partial charge in [0.2, 0.25) is 0 Å². The van der Waals surface area contributed by atoms with Crippen LogP contribution in [0.3, 0.4) is 0 Å². The predicted molar refractivity (Wildman–Crippen MR) is 81.4 cm³/mol. The second-order valence-corrected chi connectivity index (χ2v) is 5.74. The smallest absolute Gasteiger partial charge is 0.268 e. The molecule has 3 aromatic rings. The van der Waals surface area contributed by atoms with Gasteiger partial charge in [-0.25, -0.2) is 4.39 Å². The van der Waals surface area contributed by atoms with Gasteiger partial charge in [-0.2, -0.15) is 5.10 Å². The number of rotatable bonds is 3. The molecule has 1 aliphatic carbocycles. The molecule has 0 radical (unpaired) electrons. The molecule has 0 spiro atoms. The number of H-pyrrole nitrogens is 1. The maximum absolute atomic E-state index is 13.7. The maximum Gasteiger partial charge on any atom is 0.268 e.